The van der Waals surface area contributed by atoms with Gasteiger partial charge in [-0.05, 0) is 6.54 Å². The van der Waals surface area contributed by atoms with Gasteiger partial charge in [0.2, 0.25) is 0 Å². The van der Waals surface area contributed by atoms with Gasteiger partial charge in [-0.2, -0.15) is 0 Å². The van der Waals surface area contributed by atoms with Gasteiger partial charge in [-0.15, -0.1) is 11.3 Å². The van der Waals surface area contributed by atoms with E-state index in [9.17, 15) is 0 Å². The van der Waals surface area contributed by atoms with Crippen molar-refractivity contribution < 1.29 is 0 Å². The Labute approximate surface area is 94.0 Å². The molecule has 2 aromatic rings. The average molecular weight is 218 g/mol. The van der Waals surface area contributed by atoms with Crippen LogP contribution in [0.5, 0.6) is 0 Å². The normalized spacial score (nSPS) is 10.5. The molecule has 0 saturated heterocycles. The van der Waals surface area contributed by atoms with E-state index in [1.807, 2.05) is 24.4 Å². The average Bonchev–Trinajstić information content (AvgIpc) is 2.76. The molecule has 2 nitrogen and oxygen atoms in total. The van der Waals surface area contributed by atoms with Gasteiger partial charge in [0, 0.05) is 23.2 Å². The maximum atomic E-state index is 4.42. The van der Waals surface area contributed by atoms with Crippen LogP contribution in [0.2, 0.25) is 0 Å². The first-order valence-electron chi connectivity index (χ1n) is 5.11. The summed E-state index contributed by atoms with van der Waals surface area (Å²) in [7, 11) is 0. The summed E-state index contributed by atoms with van der Waals surface area (Å²) in [5.74, 6) is 0. The molecule has 0 atom stereocenters. The molecule has 0 aliphatic rings. The Morgan fingerprint density at radius 3 is 2.80 bits per heavy atom. The molecule has 0 bridgehead atoms. The minimum atomic E-state index is 0.918. The predicted molar refractivity (Wildman–Crippen MR) is 64.9 cm³/mol. The molecule has 0 spiro atoms. The van der Waals surface area contributed by atoms with Crippen molar-refractivity contribution in [3.8, 4) is 10.6 Å². The highest BCUT2D eigenvalue weighted by Gasteiger charge is 2.02. The van der Waals surface area contributed by atoms with Crippen molar-refractivity contribution in [3.05, 3.63) is 41.4 Å². The first kappa shape index (κ1) is 10.3. The van der Waals surface area contributed by atoms with Gasteiger partial charge in [0.1, 0.15) is 5.01 Å². The smallest absolute Gasteiger partial charge is 0.123 e. The summed E-state index contributed by atoms with van der Waals surface area (Å²) in [6.45, 7) is 4.03. The lowest BCUT2D eigenvalue weighted by Crippen LogP contribution is -2.10. The van der Waals surface area contributed by atoms with Crippen LogP contribution in [0.1, 0.15) is 11.8 Å². The van der Waals surface area contributed by atoms with Gasteiger partial charge >= 0.3 is 0 Å². The fourth-order valence-electron chi connectivity index (χ4n) is 1.35. The first-order chi connectivity index (χ1) is 7.40. The third kappa shape index (κ3) is 2.64. The first-order valence-corrected chi connectivity index (χ1v) is 5.92. The largest absolute Gasteiger partial charge is 0.312 e. The summed E-state index contributed by atoms with van der Waals surface area (Å²) in [5, 5.41) is 4.40. The van der Waals surface area contributed by atoms with Gasteiger partial charge in [0.05, 0.1) is 0 Å². The minimum Gasteiger partial charge on any atom is -0.312 e. The van der Waals surface area contributed by atoms with Gasteiger partial charge < -0.3 is 5.32 Å². The number of hydrogen-bond donors (Lipinski definition) is 1. The van der Waals surface area contributed by atoms with E-state index in [0.717, 1.165) is 18.1 Å². The third-order valence-electron chi connectivity index (χ3n) is 2.12. The van der Waals surface area contributed by atoms with Crippen LogP contribution >= 0.6 is 11.3 Å². The van der Waals surface area contributed by atoms with Gasteiger partial charge in [0.25, 0.3) is 0 Å². The predicted octanol–water partition coefficient (Wildman–Crippen LogP) is 2.92. The van der Waals surface area contributed by atoms with Gasteiger partial charge in [-0.1, -0.05) is 37.3 Å². The van der Waals surface area contributed by atoms with Crippen LogP contribution in [0.3, 0.4) is 0 Å². The number of nitrogens with one attached hydrogen (secondary N) is 1. The molecule has 15 heavy (non-hydrogen) atoms. The van der Waals surface area contributed by atoms with Crippen LogP contribution < -0.4 is 5.32 Å². The van der Waals surface area contributed by atoms with Crippen molar-refractivity contribution in [1.29, 1.82) is 0 Å². The number of rotatable bonds is 4. The zero-order chi connectivity index (χ0) is 10.5. The maximum absolute atomic E-state index is 4.42. The van der Waals surface area contributed by atoms with E-state index in [2.05, 4.69) is 29.4 Å². The number of aromatic nitrogens is 1. The summed E-state index contributed by atoms with van der Waals surface area (Å²) in [6, 6.07) is 10.3. The van der Waals surface area contributed by atoms with E-state index in [-0.39, 0.29) is 0 Å². The van der Waals surface area contributed by atoms with Crippen LogP contribution in [0, 0.1) is 0 Å². The highest BCUT2D eigenvalue weighted by Crippen LogP contribution is 2.24. The summed E-state index contributed by atoms with van der Waals surface area (Å²) in [4.78, 5) is 5.71. The molecule has 78 valence electrons. The van der Waals surface area contributed by atoms with Crippen LogP contribution in [-0.2, 0) is 6.54 Å². The molecule has 1 aromatic carbocycles. The van der Waals surface area contributed by atoms with E-state index < -0.39 is 0 Å². The number of benzene rings is 1. The molecule has 2 rings (SSSR count). The fourth-order valence-corrected chi connectivity index (χ4v) is 2.24. The molecule has 0 fully saturated rings. The topological polar surface area (TPSA) is 24.9 Å². The molecule has 1 heterocycles. The van der Waals surface area contributed by atoms with Crippen molar-refractivity contribution in [2.75, 3.05) is 6.54 Å². The van der Waals surface area contributed by atoms with Crippen molar-refractivity contribution >= 4 is 11.3 Å². The number of thiazole rings is 1. The Morgan fingerprint density at radius 1 is 1.27 bits per heavy atom. The maximum Gasteiger partial charge on any atom is 0.123 e. The highest BCUT2D eigenvalue weighted by atomic mass is 32.1. The lowest BCUT2D eigenvalue weighted by molar-refractivity contribution is 0.734. The van der Waals surface area contributed by atoms with Crippen LogP contribution in [-0.4, -0.2) is 11.5 Å². The summed E-state index contributed by atoms with van der Waals surface area (Å²) < 4.78 is 0. The summed E-state index contributed by atoms with van der Waals surface area (Å²) in [5.41, 5.74) is 1.20. The molecule has 0 radical (unpaired) electrons. The second-order valence-corrected chi connectivity index (χ2v) is 4.39. The molecule has 1 N–H and O–H groups in total. The fraction of sp³-hybridized carbons (Fsp3) is 0.250. The molecular formula is C12H14N2S. The SMILES string of the molecule is CCNCc1cnc(-c2ccccc2)s1. The molecule has 0 aliphatic carbocycles. The molecule has 1 aromatic heterocycles. The van der Waals surface area contributed by atoms with Crippen molar-refractivity contribution in [1.82, 2.24) is 10.3 Å². The van der Waals surface area contributed by atoms with Crippen LogP contribution in [0.4, 0.5) is 0 Å². The molecule has 0 saturated carbocycles. The molecular weight excluding hydrogens is 204 g/mol. The lowest BCUT2D eigenvalue weighted by Gasteiger charge is -1.95. The Balaban J connectivity index is 2.14. The van der Waals surface area contributed by atoms with Gasteiger partial charge in [-0.3, -0.25) is 0 Å². The lowest BCUT2D eigenvalue weighted by atomic mass is 10.2. The zero-order valence-electron chi connectivity index (χ0n) is 8.73. The molecule has 3 heteroatoms. The van der Waals surface area contributed by atoms with Crippen LogP contribution in [0.25, 0.3) is 10.6 Å². The molecule has 0 aliphatic heterocycles. The standard InChI is InChI=1S/C12H14N2S/c1-2-13-8-11-9-14-12(15-11)10-6-4-3-5-7-10/h3-7,9,13H,2,8H2,1H3. The second kappa shape index (κ2) is 5.05. The quantitative estimate of drug-likeness (QED) is 0.853. The van der Waals surface area contributed by atoms with E-state index in [1.54, 1.807) is 11.3 Å². The Morgan fingerprint density at radius 2 is 2.07 bits per heavy atom. The van der Waals surface area contributed by atoms with Crippen molar-refractivity contribution in [3.63, 3.8) is 0 Å². The minimum absolute atomic E-state index is 0.918. The Hall–Kier alpha value is -1.19. The number of hydrogen-bond acceptors (Lipinski definition) is 3. The van der Waals surface area contributed by atoms with E-state index >= 15 is 0 Å². The van der Waals surface area contributed by atoms with E-state index in [1.165, 1.54) is 10.4 Å². The van der Waals surface area contributed by atoms with Crippen LogP contribution in [0.15, 0.2) is 36.5 Å². The third-order valence-corrected chi connectivity index (χ3v) is 3.17. The van der Waals surface area contributed by atoms with Crippen molar-refractivity contribution in [2.24, 2.45) is 0 Å². The van der Waals surface area contributed by atoms with E-state index in [0.29, 0.717) is 0 Å². The molecule has 0 amide bonds. The number of nitrogens with zero attached hydrogens (tertiary/aromatic N) is 1. The van der Waals surface area contributed by atoms with E-state index in [4.69, 9.17) is 0 Å². The van der Waals surface area contributed by atoms with Gasteiger partial charge in [0.15, 0.2) is 0 Å². The Kier molecular flexibility index (Phi) is 3.48. The van der Waals surface area contributed by atoms with Crippen molar-refractivity contribution in [2.45, 2.75) is 13.5 Å². The highest BCUT2D eigenvalue weighted by molar-refractivity contribution is 7.15. The molecule has 0 unspecified atom stereocenters. The summed E-state index contributed by atoms with van der Waals surface area (Å²) in [6.07, 6.45) is 1.95. The Bertz CT molecular complexity index is 409. The summed E-state index contributed by atoms with van der Waals surface area (Å²) >= 11 is 1.75. The van der Waals surface area contributed by atoms with Gasteiger partial charge in [-0.25, -0.2) is 4.98 Å². The zero-order valence-corrected chi connectivity index (χ0v) is 9.55. The monoisotopic (exact) mass is 218 g/mol. The second-order valence-electron chi connectivity index (χ2n) is 3.28.